The zero-order valence-electron chi connectivity index (χ0n) is 7.09. The Hall–Kier alpha value is -1.03. The van der Waals surface area contributed by atoms with Gasteiger partial charge in [-0.25, -0.2) is 0 Å². The lowest BCUT2D eigenvalue weighted by Gasteiger charge is -2.00. The molecule has 4 heteroatoms. The Labute approximate surface area is 75.8 Å². The highest BCUT2D eigenvalue weighted by atomic mass is 32.2. The monoisotopic (exact) mass is 181 g/mol. The standard InChI is InChI=1S/C8H11N3S/c1-3-7(6(2)9)12-8-4-5-10-11-8/h3-5,9H,1-2H3,(H,10,11). The van der Waals surface area contributed by atoms with Crippen LogP contribution in [0.3, 0.4) is 0 Å². The zero-order chi connectivity index (χ0) is 8.97. The van der Waals surface area contributed by atoms with Gasteiger partial charge in [-0.1, -0.05) is 17.8 Å². The summed E-state index contributed by atoms with van der Waals surface area (Å²) in [6.07, 6.45) is 3.63. The fourth-order valence-corrected chi connectivity index (χ4v) is 1.51. The number of allylic oxidation sites excluding steroid dienone is 2. The number of nitrogens with zero attached hydrogens (tertiary/aromatic N) is 1. The lowest BCUT2D eigenvalue weighted by atomic mass is 10.4. The minimum atomic E-state index is 0.581. The quantitative estimate of drug-likeness (QED) is 0.556. The molecule has 0 spiro atoms. The number of hydrogen-bond acceptors (Lipinski definition) is 3. The molecule has 64 valence electrons. The van der Waals surface area contributed by atoms with Crippen LogP contribution >= 0.6 is 11.8 Å². The summed E-state index contributed by atoms with van der Waals surface area (Å²) in [5.41, 5.74) is 0.581. The third-order valence-electron chi connectivity index (χ3n) is 1.33. The number of hydrogen-bond donors (Lipinski definition) is 2. The van der Waals surface area contributed by atoms with E-state index in [1.54, 1.807) is 13.1 Å². The van der Waals surface area contributed by atoms with Crippen LogP contribution < -0.4 is 0 Å². The van der Waals surface area contributed by atoms with E-state index in [1.165, 1.54) is 11.8 Å². The van der Waals surface area contributed by atoms with Crippen LogP contribution in [0.15, 0.2) is 28.3 Å². The summed E-state index contributed by atoms with van der Waals surface area (Å²) in [6, 6.07) is 1.89. The lowest BCUT2D eigenvalue weighted by molar-refractivity contribution is 1.01. The summed E-state index contributed by atoms with van der Waals surface area (Å²) in [5, 5.41) is 15.1. The fourth-order valence-electron chi connectivity index (χ4n) is 0.770. The maximum atomic E-state index is 7.43. The van der Waals surface area contributed by atoms with Crippen LogP contribution in [0.2, 0.25) is 0 Å². The van der Waals surface area contributed by atoms with E-state index in [-0.39, 0.29) is 0 Å². The Morgan fingerprint density at radius 1 is 1.75 bits per heavy atom. The van der Waals surface area contributed by atoms with Crippen molar-refractivity contribution in [2.45, 2.75) is 18.9 Å². The van der Waals surface area contributed by atoms with E-state index < -0.39 is 0 Å². The molecule has 0 saturated heterocycles. The van der Waals surface area contributed by atoms with Gasteiger partial charge in [0.1, 0.15) is 0 Å². The fraction of sp³-hybridized carbons (Fsp3) is 0.250. The molecule has 1 aromatic rings. The van der Waals surface area contributed by atoms with Gasteiger partial charge >= 0.3 is 0 Å². The average Bonchev–Trinajstić information content (AvgIpc) is 2.51. The molecule has 2 N–H and O–H groups in total. The Morgan fingerprint density at radius 2 is 2.50 bits per heavy atom. The van der Waals surface area contributed by atoms with Gasteiger partial charge in [-0.2, -0.15) is 5.10 Å². The molecule has 1 aromatic heterocycles. The van der Waals surface area contributed by atoms with Crippen LogP contribution in [0, 0.1) is 5.41 Å². The molecule has 1 rings (SSSR count). The largest absolute Gasteiger partial charge is 0.304 e. The van der Waals surface area contributed by atoms with Gasteiger partial charge in [-0.15, -0.1) is 0 Å². The minimum Gasteiger partial charge on any atom is -0.304 e. The summed E-state index contributed by atoms with van der Waals surface area (Å²) >= 11 is 1.52. The molecule has 0 saturated carbocycles. The first-order valence-electron chi connectivity index (χ1n) is 3.63. The zero-order valence-corrected chi connectivity index (χ0v) is 7.90. The smallest absolute Gasteiger partial charge is 0.0955 e. The number of H-pyrrole nitrogens is 1. The number of rotatable bonds is 3. The minimum absolute atomic E-state index is 0.581. The molecule has 0 aliphatic heterocycles. The molecule has 0 bridgehead atoms. The first-order chi connectivity index (χ1) is 5.74. The maximum absolute atomic E-state index is 7.43. The summed E-state index contributed by atoms with van der Waals surface area (Å²) in [7, 11) is 0. The molecule has 0 amide bonds. The second-order valence-corrected chi connectivity index (χ2v) is 3.38. The highest BCUT2D eigenvalue weighted by molar-refractivity contribution is 8.04. The molecule has 0 unspecified atom stereocenters. The number of aromatic nitrogens is 2. The van der Waals surface area contributed by atoms with E-state index >= 15 is 0 Å². The van der Waals surface area contributed by atoms with Crippen molar-refractivity contribution >= 4 is 17.5 Å². The second-order valence-electron chi connectivity index (χ2n) is 2.30. The Kier molecular flexibility index (Phi) is 3.10. The van der Waals surface area contributed by atoms with E-state index in [2.05, 4.69) is 10.2 Å². The molecule has 0 fully saturated rings. The number of thioether (sulfide) groups is 1. The van der Waals surface area contributed by atoms with Crippen molar-refractivity contribution in [3.8, 4) is 0 Å². The third kappa shape index (κ3) is 2.23. The van der Waals surface area contributed by atoms with Crippen molar-refractivity contribution in [1.29, 1.82) is 5.41 Å². The van der Waals surface area contributed by atoms with Gasteiger partial charge in [0.2, 0.25) is 0 Å². The molecule has 0 aliphatic carbocycles. The highest BCUT2D eigenvalue weighted by Crippen LogP contribution is 2.24. The normalized spacial score (nSPS) is 11.7. The first kappa shape index (κ1) is 9.06. The van der Waals surface area contributed by atoms with Gasteiger partial charge < -0.3 is 5.41 Å². The third-order valence-corrected chi connectivity index (χ3v) is 2.54. The van der Waals surface area contributed by atoms with Crippen molar-refractivity contribution in [2.24, 2.45) is 0 Å². The number of aromatic amines is 1. The van der Waals surface area contributed by atoms with Gasteiger partial charge in [0.25, 0.3) is 0 Å². The van der Waals surface area contributed by atoms with Crippen molar-refractivity contribution in [3.05, 3.63) is 23.2 Å². The summed E-state index contributed by atoms with van der Waals surface area (Å²) in [5.74, 6) is 0. The molecule has 1 heterocycles. The predicted octanol–water partition coefficient (Wildman–Crippen LogP) is 2.45. The van der Waals surface area contributed by atoms with Gasteiger partial charge in [-0.05, 0) is 19.9 Å². The van der Waals surface area contributed by atoms with Crippen molar-refractivity contribution in [1.82, 2.24) is 10.2 Å². The van der Waals surface area contributed by atoms with E-state index in [1.807, 2.05) is 19.1 Å². The molecule has 0 aromatic carbocycles. The van der Waals surface area contributed by atoms with Gasteiger partial charge in [0.15, 0.2) is 0 Å². The molecule has 12 heavy (non-hydrogen) atoms. The van der Waals surface area contributed by atoms with Gasteiger partial charge in [0.05, 0.1) is 5.03 Å². The second kappa shape index (κ2) is 4.11. The van der Waals surface area contributed by atoms with E-state index in [9.17, 15) is 0 Å². The molecule has 0 radical (unpaired) electrons. The Bertz CT molecular complexity index is 287. The first-order valence-corrected chi connectivity index (χ1v) is 4.44. The van der Waals surface area contributed by atoms with Crippen LogP contribution in [0.25, 0.3) is 0 Å². The van der Waals surface area contributed by atoms with Crippen LogP contribution in [0.5, 0.6) is 0 Å². The van der Waals surface area contributed by atoms with E-state index in [0.717, 1.165) is 9.93 Å². The summed E-state index contributed by atoms with van der Waals surface area (Å²) in [4.78, 5) is 0.958. The van der Waals surface area contributed by atoms with Crippen LogP contribution in [0.1, 0.15) is 13.8 Å². The van der Waals surface area contributed by atoms with Crippen LogP contribution in [-0.4, -0.2) is 15.9 Å². The maximum Gasteiger partial charge on any atom is 0.0955 e. The van der Waals surface area contributed by atoms with Crippen molar-refractivity contribution < 1.29 is 0 Å². The van der Waals surface area contributed by atoms with Crippen molar-refractivity contribution in [3.63, 3.8) is 0 Å². The number of nitrogens with one attached hydrogen (secondary N) is 2. The Morgan fingerprint density at radius 3 is 2.92 bits per heavy atom. The summed E-state index contributed by atoms with van der Waals surface area (Å²) < 4.78 is 0. The Balaban J connectivity index is 2.68. The predicted molar refractivity (Wildman–Crippen MR) is 51.6 cm³/mol. The van der Waals surface area contributed by atoms with Gasteiger partial charge in [0, 0.05) is 16.8 Å². The topological polar surface area (TPSA) is 52.5 Å². The van der Waals surface area contributed by atoms with E-state index in [0.29, 0.717) is 5.71 Å². The molecular formula is C8H11N3S. The van der Waals surface area contributed by atoms with Crippen molar-refractivity contribution in [2.75, 3.05) is 0 Å². The SMILES string of the molecule is CC=C(Sc1ccn[nH]1)C(C)=N. The lowest BCUT2D eigenvalue weighted by Crippen LogP contribution is -1.90. The summed E-state index contributed by atoms with van der Waals surface area (Å²) in [6.45, 7) is 3.70. The average molecular weight is 181 g/mol. The van der Waals surface area contributed by atoms with Crippen LogP contribution in [0.4, 0.5) is 0 Å². The molecule has 0 aliphatic rings. The van der Waals surface area contributed by atoms with Gasteiger partial charge in [-0.3, -0.25) is 5.10 Å². The molecule has 3 nitrogen and oxygen atoms in total. The molecule has 0 atom stereocenters. The highest BCUT2D eigenvalue weighted by Gasteiger charge is 2.01. The molecular weight excluding hydrogens is 170 g/mol. The van der Waals surface area contributed by atoms with E-state index in [4.69, 9.17) is 5.41 Å². The van der Waals surface area contributed by atoms with Crippen LogP contribution in [-0.2, 0) is 0 Å².